The molecule has 0 atom stereocenters. The molecule has 0 heterocycles. The normalized spacial score (nSPS) is 12.1. The Kier molecular flexibility index (Phi) is 12.1. The van der Waals surface area contributed by atoms with Crippen molar-refractivity contribution in [2.45, 2.75) is 39.4 Å². The largest absolute Gasteiger partial charge is 0.484 e. The summed E-state index contributed by atoms with van der Waals surface area (Å²) >= 11 is 0. The molecule has 0 bridgehead atoms. The van der Waals surface area contributed by atoms with Crippen LogP contribution in [0.1, 0.15) is 30.9 Å². The molecule has 6 nitrogen and oxygen atoms in total. The molecule has 0 aliphatic heterocycles. The van der Waals surface area contributed by atoms with E-state index in [-0.39, 0.29) is 12.3 Å². The van der Waals surface area contributed by atoms with E-state index in [1.165, 1.54) is 0 Å². The predicted molar refractivity (Wildman–Crippen MR) is 107 cm³/mol. The van der Waals surface area contributed by atoms with Crippen molar-refractivity contribution < 1.29 is 27.4 Å². The lowest BCUT2D eigenvalue weighted by atomic mass is 10.1. The molecule has 2 N–H and O–H groups in total. The summed E-state index contributed by atoms with van der Waals surface area (Å²) < 4.78 is 52.8. The van der Waals surface area contributed by atoms with E-state index in [1.54, 1.807) is 26.2 Å². The van der Waals surface area contributed by atoms with Crippen molar-refractivity contribution in [1.29, 1.82) is 0 Å². The molecular weight excluding hydrogens is 387 g/mol. The van der Waals surface area contributed by atoms with E-state index in [0.29, 0.717) is 44.4 Å². The Bertz CT molecular complexity index is 610. The van der Waals surface area contributed by atoms with Crippen LogP contribution in [-0.4, -0.2) is 58.8 Å². The minimum atomic E-state index is -4.38. The molecule has 166 valence electrons. The number of nitrogens with one attached hydrogen (secondary N) is 2. The standard InChI is InChI=1S/C20H32F3N3O3/c1-4-24-19(25-9-5-6-10-28-12-11-27-3)26-14-17-8-7-16(2)13-18(17)29-15-20(21,22)23/h7-8,13H,4-6,9-12,14-15H2,1-3H3,(H2,24,25,26). The van der Waals surface area contributed by atoms with Crippen LogP contribution in [0.3, 0.4) is 0 Å². The predicted octanol–water partition coefficient (Wildman–Crippen LogP) is 3.43. The van der Waals surface area contributed by atoms with Crippen molar-refractivity contribution in [3.05, 3.63) is 29.3 Å². The van der Waals surface area contributed by atoms with Crippen molar-refractivity contribution >= 4 is 5.96 Å². The summed E-state index contributed by atoms with van der Waals surface area (Å²) in [5.41, 5.74) is 1.43. The lowest BCUT2D eigenvalue weighted by Crippen LogP contribution is -2.37. The van der Waals surface area contributed by atoms with Gasteiger partial charge in [-0.05, 0) is 38.3 Å². The van der Waals surface area contributed by atoms with Gasteiger partial charge in [0.05, 0.1) is 19.8 Å². The quantitative estimate of drug-likeness (QED) is 0.291. The second-order valence-corrected chi connectivity index (χ2v) is 6.45. The highest BCUT2D eigenvalue weighted by atomic mass is 19.4. The Labute approximate surface area is 170 Å². The van der Waals surface area contributed by atoms with Crippen LogP contribution in [-0.2, 0) is 16.0 Å². The van der Waals surface area contributed by atoms with Crippen molar-refractivity contribution in [2.24, 2.45) is 4.99 Å². The molecule has 0 amide bonds. The molecule has 1 rings (SSSR count). The van der Waals surface area contributed by atoms with Crippen LogP contribution in [0.15, 0.2) is 23.2 Å². The number of guanidine groups is 1. The first kappa shape index (κ1) is 25.0. The van der Waals surface area contributed by atoms with E-state index in [2.05, 4.69) is 15.6 Å². The van der Waals surface area contributed by atoms with Gasteiger partial charge in [0.1, 0.15) is 5.75 Å². The highest BCUT2D eigenvalue weighted by Crippen LogP contribution is 2.24. The Hall–Kier alpha value is -2.00. The van der Waals surface area contributed by atoms with Gasteiger partial charge in [-0.3, -0.25) is 0 Å². The molecule has 0 saturated heterocycles. The number of alkyl halides is 3. The highest BCUT2D eigenvalue weighted by Gasteiger charge is 2.28. The maximum atomic E-state index is 12.5. The van der Waals surface area contributed by atoms with Crippen LogP contribution >= 0.6 is 0 Å². The average molecular weight is 419 g/mol. The molecule has 0 aromatic heterocycles. The molecule has 0 aliphatic rings. The van der Waals surface area contributed by atoms with Crippen LogP contribution < -0.4 is 15.4 Å². The molecule has 9 heteroatoms. The Balaban J connectivity index is 2.55. The molecular formula is C20H32F3N3O3. The van der Waals surface area contributed by atoms with Gasteiger partial charge < -0.3 is 24.8 Å². The smallest absolute Gasteiger partial charge is 0.422 e. The van der Waals surface area contributed by atoms with Crippen molar-refractivity contribution in [3.63, 3.8) is 0 Å². The summed E-state index contributed by atoms with van der Waals surface area (Å²) in [6, 6.07) is 5.17. The van der Waals surface area contributed by atoms with Gasteiger partial charge in [0, 0.05) is 32.4 Å². The van der Waals surface area contributed by atoms with Gasteiger partial charge in [-0.2, -0.15) is 13.2 Å². The fraction of sp³-hybridized carbons (Fsp3) is 0.650. The van der Waals surface area contributed by atoms with Gasteiger partial charge in [0.25, 0.3) is 0 Å². The Morgan fingerprint density at radius 1 is 1.10 bits per heavy atom. The molecule has 0 radical (unpaired) electrons. The molecule has 1 aromatic rings. The average Bonchev–Trinajstić information content (AvgIpc) is 2.66. The van der Waals surface area contributed by atoms with Gasteiger partial charge in [-0.25, -0.2) is 4.99 Å². The third kappa shape index (κ3) is 12.2. The van der Waals surface area contributed by atoms with E-state index in [4.69, 9.17) is 14.2 Å². The van der Waals surface area contributed by atoms with E-state index in [0.717, 1.165) is 18.4 Å². The number of aliphatic imine (C=N–C) groups is 1. The number of hydrogen-bond acceptors (Lipinski definition) is 4. The third-order valence-corrected chi connectivity index (χ3v) is 3.81. The number of benzene rings is 1. The molecule has 0 fully saturated rings. The number of hydrogen-bond donors (Lipinski definition) is 2. The molecule has 1 aromatic carbocycles. The number of ether oxygens (including phenoxy) is 3. The number of nitrogens with zero attached hydrogens (tertiary/aromatic N) is 1. The minimum absolute atomic E-state index is 0.204. The molecule has 0 aliphatic carbocycles. The fourth-order valence-corrected chi connectivity index (χ4v) is 2.37. The van der Waals surface area contributed by atoms with Gasteiger partial charge >= 0.3 is 6.18 Å². The SMILES string of the molecule is CCNC(=NCc1ccc(C)cc1OCC(F)(F)F)NCCCCOCCOC. The van der Waals surface area contributed by atoms with Crippen molar-refractivity contribution in [1.82, 2.24) is 10.6 Å². The lowest BCUT2D eigenvalue weighted by Gasteiger charge is -2.14. The van der Waals surface area contributed by atoms with E-state index in [1.807, 2.05) is 13.0 Å². The van der Waals surface area contributed by atoms with Crippen molar-refractivity contribution in [3.8, 4) is 5.75 Å². The molecule has 0 unspecified atom stereocenters. The number of unbranched alkanes of at least 4 members (excludes halogenated alkanes) is 1. The first-order chi connectivity index (χ1) is 13.9. The summed E-state index contributed by atoms with van der Waals surface area (Å²) in [5, 5.41) is 6.35. The van der Waals surface area contributed by atoms with Crippen LogP contribution in [0, 0.1) is 6.92 Å². The summed E-state index contributed by atoms with van der Waals surface area (Å²) in [4.78, 5) is 4.46. The maximum absolute atomic E-state index is 12.5. The van der Waals surface area contributed by atoms with E-state index < -0.39 is 12.8 Å². The highest BCUT2D eigenvalue weighted by molar-refractivity contribution is 5.79. The molecule has 0 spiro atoms. The number of halogens is 3. The van der Waals surface area contributed by atoms with E-state index in [9.17, 15) is 13.2 Å². The van der Waals surface area contributed by atoms with Gasteiger partial charge in [-0.15, -0.1) is 0 Å². The number of aryl methyl sites for hydroxylation is 1. The van der Waals surface area contributed by atoms with Crippen LogP contribution in [0.5, 0.6) is 5.75 Å². The summed E-state index contributed by atoms with van der Waals surface area (Å²) in [5.74, 6) is 0.810. The first-order valence-corrected chi connectivity index (χ1v) is 9.73. The third-order valence-electron chi connectivity index (χ3n) is 3.81. The Morgan fingerprint density at radius 2 is 1.90 bits per heavy atom. The fourth-order valence-electron chi connectivity index (χ4n) is 2.37. The second-order valence-electron chi connectivity index (χ2n) is 6.45. The van der Waals surface area contributed by atoms with Crippen LogP contribution in [0.2, 0.25) is 0 Å². The van der Waals surface area contributed by atoms with E-state index >= 15 is 0 Å². The monoisotopic (exact) mass is 419 g/mol. The van der Waals surface area contributed by atoms with Gasteiger partial charge in [0.2, 0.25) is 0 Å². The maximum Gasteiger partial charge on any atom is 0.422 e. The molecule has 29 heavy (non-hydrogen) atoms. The number of rotatable bonds is 13. The van der Waals surface area contributed by atoms with Crippen LogP contribution in [0.4, 0.5) is 13.2 Å². The zero-order valence-electron chi connectivity index (χ0n) is 17.4. The van der Waals surface area contributed by atoms with Crippen LogP contribution in [0.25, 0.3) is 0 Å². The summed E-state index contributed by atoms with van der Waals surface area (Å²) in [6.07, 6.45) is -2.57. The topological polar surface area (TPSA) is 64.1 Å². The molecule has 0 saturated carbocycles. The van der Waals surface area contributed by atoms with Gasteiger partial charge in [0.15, 0.2) is 12.6 Å². The summed E-state index contributed by atoms with van der Waals surface area (Å²) in [7, 11) is 1.64. The van der Waals surface area contributed by atoms with Gasteiger partial charge in [-0.1, -0.05) is 12.1 Å². The first-order valence-electron chi connectivity index (χ1n) is 9.73. The minimum Gasteiger partial charge on any atom is -0.484 e. The second kappa shape index (κ2) is 14.1. The zero-order valence-corrected chi connectivity index (χ0v) is 17.4. The Morgan fingerprint density at radius 3 is 2.59 bits per heavy atom. The zero-order chi connectivity index (χ0) is 21.5. The summed E-state index contributed by atoms with van der Waals surface area (Å²) in [6.45, 7) is 5.88. The lowest BCUT2D eigenvalue weighted by molar-refractivity contribution is -0.153. The number of methoxy groups -OCH3 is 1. The van der Waals surface area contributed by atoms with Crippen molar-refractivity contribution in [2.75, 3.05) is 46.6 Å².